The number of benzene rings is 2. The number of hydrogen-bond acceptors (Lipinski definition) is 1. The number of fused-ring (bicyclic) bond motifs is 1. The van der Waals surface area contributed by atoms with Crippen LogP contribution in [-0.2, 0) is 7.05 Å². The lowest BCUT2D eigenvalue weighted by atomic mass is 9.95. The molecule has 0 radical (unpaired) electrons. The van der Waals surface area contributed by atoms with Crippen molar-refractivity contribution in [2.75, 3.05) is 0 Å². The summed E-state index contributed by atoms with van der Waals surface area (Å²) in [6.45, 7) is 4.32. The lowest BCUT2D eigenvalue weighted by molar-refractivity contribution is -0.659. The van der Waals surface area contributed by atoms with Crippen LogP contribution in [-0.4, -0.2) is 4.98 Å². The van der Waals surface area contributed by atoms with E-state index in [1.165, 1.54) is 38.7 Å². The summed E-state index contributed by atoms with van der Waals surface area (Å²) in [6, 6.07) is 19.6. The van der Waals surface area contributed by atoms with Crippen LogP contribution in [0.4, 0.5) is 0 Å². The maximum atomic E-state index is 4.26. The maximum absolute atomic E-state index is 4.26. The minimum absolute atomic E-state index is 1.14. The highest BCUT2D eigenvalue weighted by molar-refractivity contribution is 5.94. The largest absolute Gasteiger partial charge is 0.264 e. The average Bonchev–Trinajstić information content (AvgIpc) is 2.63. The molecule has 0 aliphatic carbocycles. The highest BCUT2D eigenvalue weighted by atomic mass is 14.9. The Morgan fingerprint density at radius 1 is 0.880 bits per heavy atom. The van der Waals surface area contributed by atoms with E-state index in [2.05, 4.69) is 85.2 Å². The van der Waals surface area contributed by atoms with E-state index in [0.29, 0.717) is 0 Å². The van der Waals surface area contributed by atoms with Crippen molar-refractivity contribution in [2.45, 2.75) is 13.8 Å². The molecule has 4 rings (SSSR count). The van der Waals surface area contributed by atoms with Crippen LogP contribution in [0.3, 0.4) is 0 Å². The summed E-state index contributed by atoms with van der Waals surface area (Å²) in [4.78, 5) is 4.26. The van der Waals surface area contributed by atoms with Gasteiger partial charge in [0, 0.05) is 24.0 Å². The summed E-state index contributed by atoms with van der Waals surface area (Å²) in [5.41, 5.74) is 7.41. The molecule has 0 atom stereocenters. The van der Waals surface area contributed by atoms with Gasteiger partial charge in [0.2, 0.25) is 5.69 Å². The molecule has 0 spiro atoms. The number of pyridine rings is 2. The third kappa shape index (κ3) is 2.80. The van der Waals surface area contributed by atoms with Gasteiger partial charge in [-0.15, -0.1) is 0 Å². The molecule has 0 amide bonds. The molecule has 25 heavy (non-hydrogen) atoms. The van der Waals surface area contributed by atoms with Crippen molar-refractivity contribution in [3.63, 3.8) is 0 Å². The van der Waals surface area contributed by atoms with Gasteiger partial charge in [-0.3, -0.25) is 4.98 Å². The van der Waals surface area contributed by atoms with Crippen LogP contribution in [0.2, 0.25) is 0 Å². The Hall–Kier alpha value is -3.00. The Labute approximate surface area is 148 Å². The molecule has 0 fully saturated rings. The van der Waals surface area contributed by atoms with Gasteiger partial charge in [-0.1, -0.05) is 35.9 Å². The molecule has 2 aromatic heterocycles. The first kappa shape index (κ1) is 15.5. The van der Waals surface area contributed by atoms with E-state index in [-0.39, 0.29) is 0 Å². The van der Waals surface area contributed by atoms with Crippen molar-refractivity contribution in [3.8, 4) is 22.4 Å². The Morgan fingerprint density at radius 3 is 2.56 bits per heavy atom. The van der Waals surface area contributed by atoms with Gasteiger partial charge in [-0.25, -0.2) is 4.57 Å². The lowest BCUT2D eigenvalue weighted by Crippen LogP contribution is -2.30. The van der Waals surface area contributed by atoms with E-state index in [9.17, 15) is 0 Å². The Morgan fingerprint density at radius 2 is 1.76 bits per heavy atom. The van der Waals surface area contributed by atoms with Crippen LogP contribution in [0, 0.1) is 13.8 Å². The second-order valence-corrected chi connectivity index (χ2v) is 6.64. The van der Waals surface area contributed by atoms with Crippen molar-refractivity contribution in [3.05, 3.63) is 84.3 Å². The number of aromatic nitrogens is 2. The van der Waals surface area contributed by atoms with Crippen molar-refractivity contribution in [2.24, 2.45) is 7.05 Å². The molecule has 0 saturated carbocycles. The van der Waals surface area contributed by atoms with Gasteiger partial charge in [-0.2, -0.15) is 0 Å². The van der Waals surface area contributed by atoms with Gasteiger partial charge in [0.25, 0.3) is 0 Å². The molecule has 2 heterocycles. The third-order valence-corrected chi connectivity index (χ3v) is 4.78. The Bertz CT molecular complexity index is 1070. The maximum Gasteiger partial charge on any atom is 0.220 e. The number of hydrogen-bond donors (Lipinski definition) is 0. The molecule has 0 aliphatic rings. The van der Waals surface area contributed by atoms with Gasteiger partial charge in [0.15, 0.2) is 6.20 Å². The van der Waals surface area contributed by atoms with Gasteiger partial charge >= 0.3 is 0 Å². The second kappa shape index (κ2) is 6.14. The first-order chi connectivity index (χ1) is 12.1. The van der Waals surface area contributed by atoms with E-state index in [4.69, 9.17) is 0 Å². The molecule has 0 unspecified atom stereocenters. The molecule has 0 saturated heterocycles. The quantitative estimate of drug-likeness (QED) is 0.473. The molecule has 122 valence electrons. The molecule has 0 bridgehead atoms. The summed E-state index contributed by atoms with van der Waals surface area (Å²) in [7, 11) is 2.12. The lowest BCUT2D eigenvalue weighted by Gasteiger charge is -2.10. The van der Waals surface area contributed by atoms with Crippen LogP contribution < -0.4 is 4.57 Å². The monoisotopic (exact) mass is 325 g/mol. The van der Waals surface area contributed by atoms with E-state index in [0.717, 1.165) is 5.56 Å². The van der Waals surface area contributed by atoms with Crippen LogP contribution >= 0.6 is 0 Å². The van der Waals surface area contributed by atoms with Gasteiger partial charge in [0.05, 0.1) is 10.9 Å². The normalized spacial score (nSPS) is 11.0. The van der Waals surface area contributed by atoms with Crippen LogP contribution in [0.5, 0.6) is 0 Å². The molecule has 2 heteroatoms. The fourth-order valence-electron chi connectivity index (χ4n) is 3.42. The summed E-state index contributed by atoms with van der Waals surface area (Å²) in [5.74, 6) is 0. The fraction of sp³-hybridized carbons (Fsp3) is 0.130. The number of nitrogens with zero attached hydrogens (tertiary/aromatic N) is 2. The minimum Gasteiger partial charge on any atom is -0.264 e. The van der Waals surface area contributed by atoms with Crippen molar-refractivity contribution < 1.29 is 4.57 Å². The first-order valence-electron chi connectivity index (χ1n) is 8.54. The molecule has 2 aromatic carbocycles. The van der Waals surface area contributed by atoms with E-state index < -0.39 is 0 Å². The predicted molar refractivity (Wildman–Crippen MR) is 103 cm³/mol. The van der Waals surface area contributed by atoms with Crippen LogP contribution in [0.25, 0.3) is 33.2 Å². The van der Waals surface area contributed by atoms with E-state index in [1.54, 1.807) is 0 Å². The predicted octanol–water partition coefficient (Wildman–Crippen LogP) is 5.01. The molecular weight excluding hydrogens is 304 g/mol. The Balaban J connectivity index is 1.99. The van der Waals surface area contributed by atoms with Crippen molar-refractivity contribution >= 4 is 10.8 Å². The van der Waals surface area contributed by atoms with Gasteiger partial charge < -0.3 is 0 Å². The first-order valence-corrected chi connectivity index (χ1v) is 8.54. The van der Waals surface area contributed by atoms with Gasteiger partial charge in [-0.05, 0) is 48.6 Å². The highest BCUT2D eigenvalue weighted by Gasteiger charge is 2.17. The van der Waals surface area contributed by atoms with E-state index >= 15 is 0 Å². The smallest absolute Gasteiger partial charge is 0.220 e. The standard InChI is InChI=1S/C23H21N2/c1-16-6-9-21-19(13-16)10-12-25(3)23(21)22-14-18(8-7-17(22)2)20-5-4-11-24-15-20/h4-15H,1-3H3/q+1. The highest BCUT2D eigenvalue weighted by Crippen LogP contribution is 2.31. The zero-order valence-corrected chi connectivity index (χ0v) is 14.8. The molecule has 2 nitrogen and oxygen atoms in total. The second-order valence-electron chi connectivity index (χ2n) is 6.64. The Kier molecular flexibility index (Phi) is 3.81. The van der Waals surface area contributed by atoms with Crippen LogP contribution in [0.1, 0.15) is 11.1 Å². The van der Waals surface area contributed by atoms with Crippen molar-refractivity contribution in [1.82, 2.24) is 4.98 Å². The minimum atomic E-state index is 1.14. The topological polar surface area (TPSA) is 16.8 Å². The van der Waals surface area contributed by atoms with E-state index in [1.807, 2.05) is 18.5 Å². The molecule has 0 aliphatic heterocycles. The summed E-state index contributed by atoms with van der Waals surface area (Å²) in [5, 5.41) is 2.56. The molecular formula is C23H21N2+. The molecule has 0 N–H and O–H groups in total. The average molecular weight is 325 g/mol. The van der Waals surface area contributed by atoms with Crippen LogP contribution in [0.15, 0.2) is 73.2 Å². The third-order valence-electron chi connectivity index (χ3n) is 4.78. The molecule has 4 aromatic rings. The SMILES string of the molecule is Cc1ccc2c(-c3cc(-c4cccnc4)ccc3C)[n+](C)ccc2c1. The number of aryl methyl sites for hydroxylation is 3. The summed E-state index contributed by atoms with van der Waals surface area (Å²) in [6.07, 6.45) is 5.87. The van der Waals surface area contributed by atoms with Crippen molar-refractivity contribution in [1.29, 1.82) is 0 Å². The number of rotatable bonds is 2. The summed E-state index contributed by atoms with van der Waals surface area (Å²) < 4.78 is 2.22. The zero-order valence-electron chi connectivity index (χ0n) is 14.8. The summed E-state index contributed by atoms with van der Waals surface area (Å²) >= 11 is 0. The fourth-order valence-corrected chi connectivity index (χ4v) is 3.42. The van der Waals surface area contributed by atoms with Gasteiger partial charge in [0.1, 0.15) is 7.05 Å². The zero-order chi connectivity index (χ0) is 17.4.